The number of benzene rings is 1. The Morgan fingerprint density at radius 3 is 2.75 bits per heavy atom. The van der Waals surface area contributed by atoms with Crippen LogP contribution in [0.4, 0.5) is 8.78 Å². The van der Waals surface area contributed by atoms with Gasteiger partial charge in [0, 0.05) is 19.2 Å². The van der Waals surface area contributed by atoms with Crippen molar-refractivity contribution in [3.05, 3.63) is 64.8 Å². The summed E-state index contributed by atoms with van der Waals surface area (Å²) in [6, 6.07) is 9.26. The number of carbonyl (C=O) groups excluding carboxylic acids is 1. The second kappa shape index (κ2) is 12.8. The second-order valence-corrected chi connectivity index (χ2v) is 9.69. The number of imidazole rings is 1. The van der Waals surface area contributed by atoms with Crippen molar-refractivity contribution >= 4 is 54.2 Å². The van der Waals surface area contributed by atoms with E-state index in [9.17, 15) is 13.6 Å². The first-order valence-electron chi connectivity index (χ1n) is 11.5. The summed E-state index contributed by atoms with van der Waals surface area (Å²) in [5.74, 6) is -0.783. The number of nitrogens with one attached hydrogen (secondary N) is 1. The highest BCUT2D eigenvalue weighted by atomic mass is 35.5. The number of likely N-dealkylation sites (tertiary alicyclic amines) is 1. The molecule has 11 heteroatoms. The van der Waals surface area contributed by atoms with Crippen LogP contribution in [0.3, 0.4) is 0 Å². The summed E-state index contributed by atoms with van der Waals surface area (Å²) in [5.41, 5.74) is 1.81. The van der Waals surface area contributed by atoms with E-state index in [0.717, 1.165) is 61.3 Å². The molecule has 0 bridgehead atoms. The molecule has 2 aromatic heterocycles. The van der Waals surface area contributed by atoms with Gasteiger partial charge < -0.3 is 15.0 Å². The number of pyridine rings is 1. The molecule has 0 atom stereocenters. The number of piperidine rings is 1. The topological polar surface area (TPSA) is 58.9 Å². The van der Waals surface area contributed by atoms with Gasteiger partial charge in [0.15, 0.2) is 11.6 Å². The SMILES string of the molecule is Cl.Cl.O=C(NCC1CCN(CCCOc2ccc(F)cc2F)CC1)C1=Cc2cnc3cccc(n23)S1. The molecule has 0 spiro atoms. The Bertz CT molecular complexity index is 1230. The number of ether oxygens (including phenoxy) is 1. The van der Waals surface area contributed by atoms with E-state index in [1.54, 1.807) is 6.20 Å². The van der Waals surface area contributed by atoms with Crippen LogP contribution in [0.25, 0.3) is 11.7 Å². The highest BCUT2D eigenvalue weighted by Gasteiger charge is 2.23. The zero-order valence-corrected chi connectivity index (χ0v) is 21.9. The molecule has 0 saturated carbocycles. The Hall–Kier alpha value is -2.33. The summed E-state index contributed by atoms with van der Waals surface area (Å²) in [6.07, 6.45) is 6.50. The van der Waals surface area contributed by atoms with Crippen LogP contribution in [0, 0.1) is 17.6 Å². The Labute approximate surface area is 225 Å². The second-order valence-electron chi connectivity index (χ2n) is 8.62. The van der Waals surface area contributed by atoms with Crippen LogP contribution in [0.1, 0.15) is 25.0 Å². The van der Waals surface area contributed by atoms with Crippen molar-refractivity contribution in [2.45, 2.75) is 24.3 Å². The quantitative estimate of drug-likeness (QED) is 0.386. The number of halogens is 4. The molecular formula is C25H28Cl2F2N4O2S. The lowest BCUT2D eigenvalue weighted by molar-refractivity contribution is -0.117. The standard InChI is InChI=1S/C25H26F2N4O2S.2ClH/c26-18-5-6-21(20(27)13-18)33-12-2-9-30-10-7-17(8-11-30)15-29-25(32)22-14-19-16-28-23-3-1-4-24(34-22)31(19)23;;/h1,3-6,13-14,16-17H,2,7-12,15H2,(H,29,32);2*1H. The van der Waals surface area contributed by atoms with Gasteiger partial charge in [-0.25, -0.2) is 13.8 Å². The molecule has 0 radical (unpaired) electrons. The van der Waals surface area contributed by atoms with Gasteiger partial charge in [-0.15, -0.1) is 24.8 Å². The van der Waals surface area contributed by atoms with Crippen molar-refractivity contribution in [2.75, 3.05) is 32.8 Å². The average molecular weight is 557 g/mol. The van der Waals surface area contributed by atoms with Crippen molar-refractivity contribution in [3.8, 4) is 5.75 Å². The third kappa shape index (κ3) is 6.51. The molecule has 1 amide bonds. The summed E-state index contributed by atoms with van der Waals surface area (Å²) in [7, 11) is 0. The predicted octanol–water partition coefficient (Wildman–Crippen LogP) is 5.20. The Kier molecular flexibility index (Phi) is 10.0. The fraction of sp³-hybridized carbons (Fsp3) is 0.360. The Balaban J connectivity index is 0.00000180. The third-order valence-corrected chi connectivity index (χ3v) is 7.32. The van der Waals surface area contributed by atoms with Crippen molar-refractivity contribution in [2.24, 2.45) is 5.92 Å². The smallest absolute Gasteiger partial charge is 0.258 e. The highest BCUT2D eigenvalue weighted by molar-refractivity contribution is 8.04. The maximum absolute atomic E-state index is 13.6. The molecule has 1 aromatic carbocycles. The van der Waals surface area contributed by atoms with Crippen LogP contribution in [-0.2, 0) is 4.79 Å². The normalized spacial score (nSPS) is 15.6. The van der Waals surface area contributed by atoms with Crippen LogP contribution in [-0.4, -0.2) is 53.0 Å². The zero-order valence-electron chi connectivity index (χ0n) is 19.5. The molecule has 3 aromatic rings. The van der Waals surface area contributed by atoms with Gasteiger partial charge in [-0.05, 0) is 68.6 Å². The van der Waals surface area contributed by atoms with E-state index in [0.29, 0.717) is 24.0 Å². The lowest BCUT2D eigenvalue weighted by atomic mass is 9.96. The number of amides is 1. The van der Waals surface area contributed by atoms with E-state index >= 15 is 0 Å². The zero-order chi connectivity index (χ0) is 23.5. The molecule has 1 fully saturated rings. The van der Waals surface area contributed by atoms with Gasteiger partial charge in [0.1, 0.15) is 11.5 Å². The van der Waals surface area contributed by atoms with Crippen molar-refractivity contribution in [1.29, 1.82) is 0 Å². The Morgan fingerprint density at radius 1 is 1.17 bits per heavy atom. The molecule has 2 aliphatic heterocycles. The molecule has 6 nitrogen and oxygen atoms in total. The van der Waals surface area contributed by atoms with Crippen LogP contribution in [0.2, 0.25) is 0 Å². The predicted molar refractivity (Wildman–Crippen MR) is 142 cm³/mol. The molecule has 0 aliphatic carbocycles. The fourth-order valence-corrected chi connectivity index (χ4v) is 5.41. The maximum atomic E-state index is 13.6. The van der Waals surface area contributed by atoms with Gasteiger partial charge in [-0.1, -0.05) is 17.8 Å². The first-order chi connectivity index (χ1) is 16.6. The summed E-state index contributed by atoms with van der Waals surface area (Å²) in [5, 5.41) is 4.11. The first kappa shape index (κ1) is 28.2. The Morgan fingerprint density at radius 2 is 1.97 bits per heavy atom. The van der Waals surface area contributed by atoms with Crippen LogP contribution < -0.4 is 10.1 Å². The monoisotopic (exact) mass is 556 g/mol. The number of thioether (sulfide) groups is 1. The van der Waals surface area contributed by atoms with Gasteiger partial charge in [0.2, 0.25) is 0 Å². The average Bonchev–Trinajstić information content (AvgIpc) is 3.26. The number of aromatic nitrogens is 2. The van der Waals surface area contributed by atoms with Crippen LogP contribution >= 0.6 is 36.6 Å². The van der Waals surface area contributed by atoms with Gasteiger partial charge in [-0.2, -0.15) is 0 Å². The molecule has 2 aliphatic rings. The number of hydrogen-bond donors (Lipinski definition) is 1. The van der Waals surface area contributed by atoms with Gasteiger partial charge in [0.05, 0.1) is 28.4 Å². The van der Waals surface area contributed by atoms with Crippen molar-refractivity contribution in [1.82, 2.24) is 19.6 Å². The van der Waals surface area contributed by atoms with Crippen LogP contribution in [0.5, 0.6) is 5.75 Å². The van der Waals surface area contributed by atoms with E-state index < -0.39 is 11.6 Å². The van der Waals surface area contributed by atoms with E-state index in [2.05, 4.69) is 19.6 Å². The highest BCUT2D eigenvalue weighted by Crippen LogP contribution is 2.34. The third-order valence-electron chi connectivity index (χ3n) is 6.27. The fourth-order valence-electron chi connectivity index (χ4n) is 4.40. The summed E-state index contributed by atoms with van der Waals surface area (Å²) in [4.78, 5) is 20.2. The molecule has 0 unspecified atom stereocenters. The lowest BCUT2D eigenvalue weighted by Gasteiger charge is -2.32. The van der Waals surface area contributed by atoms with E-state index in [1.165, 1.54) is 23.9 Å². The lowest BCUT2D eigenvalue weighted by Crippen LogP contribution is -2.39. The van der Waals surface area contributed by atoms with Gasteiger partial charge >= 0.3 is 0 Å². The largest absolute Gasteiger partial charge is 0.490 e. The first-order valence-corrected chi connectivity index (χ1v) is 12.3. The maximum Gasteiger partial charge on any atom is 0.258 e. The summed E-state index contributed by atoms with van der Waals surface area (Å²) >= 11 is 1.47. The van der Waals surface area contributed by atoms with Gasteiger partial charge in [0.25, 0.3) is 5.91 Å². The molecule has 5 rings (SSSR count). The molecular weight excluding hydrogens is 529 g/mol. The minimum Gasteiger partial charge on any atom is -0.490 e. The molecule has 194 valence electrons. The minimum absolute atomic E-state index is 0. The van der Waals surface area contributed by atoms with E-state index in [-0.39, 0.29) is 36.5 Å². The number of hydrogen-bond acceptors (Lipinski definition) is 5. The van der Waals surface area contributed by atoms with Crippen molar-refractivity contribution < 1.29 is 18.3 Å². The van der Waals surface area contributed by atoms with E-state index in [4.69, 9.17) is 4.74 Å². The van der Waals surface area contributed by atoms with E-state index in [1.807, 2.05) is 24.3 Å². The molecule has 4 heterocycles. The number of rotatable bonds is 8. The number of carbonyl (C=O) groups is 1. The summed E-state index contributed by atoms with van der Waals surface area (Å²) in [6.45, 7) is 3.84. The van der Waals surface area contributed by atoms with Crippen LogP contribution in [0.15, 0.2) is 52.5 Å². The molecule has 36 heavy (non-hydrogen) atoms. The summed E-state index contributed by atoms with van der Waals surface area (Å²) < 4.78 is 34.1. The minimum atomic E-state index is -0.673. The molecule has 1 saturated heterocycles. The molecule has 1 N–H and O–H groups in total. The number of nitrogens with zero attached hydrogens (tertiary/aromatic N) is 3. The van der Waals surface area contributed by atoms with Crippen molar-refractivity contribution in [3.63, 3.8) is 0 Å². The van der Waals surface area contributed by atoms with Gasteiger partial charge in [-0.3, -0.25) is 9.20 Å².